The molecule has 0 spiro atoms. The molecule has 2 rings (SSSR count). The van der Waals surface area contributed by atoms with Gasteiger partial charge in [-0.1, -0.05) is 50.6 Å². The van der Waals surface area contributed by atoms with E-state index >= 15 is 0 Å². The molecule has 2 aromatic rings. The van der Waals surface area contributed by atoms with Crippen LogP contribution in [0.15, 0.2) is 42.5 Å². The number of benzene rings is 2. The summed E-state index contributed by atoms with van der Waals surface area (Å²) < 4.78 is 14.3. The molecular formula is C18H21FIN. The smallest absolute Gasteiger partial charge is 0.124 e. The molecule has 1 N–H and O–H groups in total. The molecule has 0 amide bonds. The summed E-state index contributed by atoms with van der Waals surface area (Å²) in [5.41, 5.74) is 3.73. The van der Waals surface area contributed by atoms with Gasteiger partial charge in [-0.05, 0) is 64.4 Å². The summed E-state index contributed by atoms with van der Waals surface area (Å²) in [5, 5.41) is 3.52. The molecule has 0 heterocycles. The lowest BCUT2D eigenvalue weighted by atomic mass is 9.96. The Kier molecular flexibility index (Phi) is 6.18. The number of halogens is 2. The monoisotopic (exact) mass is 397 g/mol. The molecule has 0 aliphatic carbocycles. The van der Waals surface area contributed by atoms with Gasteiger partial charge < -0.3 is 5.32 Å². The molecule has 0 saturated heterocycles. The topological polar surface area (TPSA) is 12.0 Å². The SMILES string of the molecule is CCCc1cccc(C(NCC)c2ccc(F)cc2I)c1. The zero-order valence-electron chi connectivity index (χ0n) is 12.5. The minimum absolute atomic E-state index is 0.110. The highest BCUT2D eigenvalue weighted by Crippen LogP contribution is 2.27. The first-order chi connectivity index (χ1) is 10.2. The lowest BCUT2D eigenvalue weighted by Gasteiger charge is -2.21. The Bertz CT molecular complexity index is 598. The van der Waals surface area contributed by atoms with E-state index in [-0.39, 0.29) is 11.9 Å². The highest BCUT2D eigenvalue weighted by atomic mass is 127. The van der Waals surface area contributed by atoms with Crippen molar-refractivity contribution >= 4 is 22.6 Å². The molecule has 2 aromatic carbocycles. The molecule has 3 heteroatoms. The maximum absolute atomic E-state index is 13.3. The molecule has 0 fully saturated rings. The number of hydrogen-bond acceptors (Lipinski definition) is 1. The third-order valence-corrected chi connectivity index (χ3v) is 4.44. The van der Waals surface area contributed by atoms with Gasteiger partial charge in [0.05, 0.1) is 6.04 Å². The van der Waals surface area contributed by atoms with Crippen molar-refractivity contribution in [2.45, 2.75) is 32.7 Å². The zero-order valence-corrected chi connectivity index (χ0v) is 14.7. The van der Waals surface area contributed by atoms with Crippen molar-refractivity contribution < 1.29 is 4.39 Å². The van der Waals surface area contributed by atoms with Gasteiger partial charge in [-0.25, -0.2) is 4.39 Å². The first kappa shape index (κ1) is 16.4. The highest BCUT2D eigenvalue weighted by Gasteiger charge is 2.16. The van der Waals surface area contributed by atoms with Gasteiger partial charge in [0.1, 0.15) is 5.82 Å². The van der Waals surface area contributed by atoms with E-state index in [0.29, 0.717) is 0 Å². The van der Waals surface area contributed by atoms with Gasteiger partial charge in [-0.3, -0.25) is 0 Å². The molecular weight excluding hydrogens is 376 g/mol. The minimum atomic E-state index is -0.182. The molecule has 0 saturated carbocycles. The largest absolute Gasteiger partial charge is 0.306 e. The van der Waals surface area contributed by atoms with Gasteiger partial charge in [0.15, 0.2) is 0 Å². The lowest BCUT2D eigenvalue weighted by molar-refractivity contribution is 0.610. The van der Waals surface area contributed by atoms with Gasteiger partial charge in [0, 0.05) is 3.57 Å². The van der Waals surface area contributed by atoms with E-state index in [1.54, 1.807) is 6.07 Å². The van der Waals surface area contributed by atoms with Crippen LogP contribution in [0.1, 0.15) is 43.0 Å². The van der Waals surface area contributed by atoms with Gasteiger partial charge >= 0.3 is 0 Å². The predicted molar refractivity (Wildman–Crippen MR) is 95.1 cm³/mol. The Morgan fingerprint density at radius 1 is 1.14 bits per heavy atom. The van der Waals surface area contributed by atoms with Gasteiger partial charge in [0.25, 0.3) is 0 Å². The second-order valence-electron chi connectivity index (χ2n) is 5.15. The summed E-state index contributed by atoms with van der Waals surface area (Å²) >= 11 is 2.21. The maximum Gasteiger partial charge on any atom is 0.124 e. The predicted octanol–water partition coefficient (Wildman–Crippen LogP) is 5.08. The van der Waals surface area contributed by atoms with E-state index < -0.39 is 0 Å². The van der Waals surface area contributed by atoms with Crippen molar-refractivity contribution in [3.05, 3.63) is 68.5 Å². The van der Waals surface area contributed by atoms with Crippen LogP contribution in [0.5, 0.6) is 0 Å². The molecule has 0 bridgehead atoms. The summed E-state index contributed by atoms with van der Waals surface area (Å²) in [6.45, 7) is 5.16. The van der Waals surface area contributed by atoms with Crippen LogP contribution < -0.4 is 5.32 Å². The van der Waals surface area contributed by atoms with E-state index in [1.165, 1.54) is 17.2 Å². The molecule has 1 nitrogen and oxygen atoms in total. The second kappa shape index (κ2) is 7.90. The summed E-state index contributed by atoms with van der Waals surface area (Å²) in [7, 11) is 0. The average Bonchev–Trinajstić information content (AvgIpc) is 2.46. The van der Waals surface area contributed by atoms with E-state index in [9.17, 15) is 4.39 Å². The number of nitrogens with one attached hydrogen (secondary N) is 1. The fourth-order valence-electron chi connectivity index (χ4n) is 2.56. The van der Waals surface area contributed by atoms with Crippen molar-refractivity contribution in [2.24, 2.45) is 0 Å². The van der Waals surface area contributed by atoms with Gasteiger partial charge in [-0.15, -0.1) is 0 Å². The first-order valence-electron chi connectivity index (χ1n) is 7.42. The van der Waals surface area contributed by atoms with Crippen LogP contribution in [0.2, 0.25) is 0 Å². The zero-order chi connectivity index (χ0) is 15.2. The molecule has 1 atom stereocenters. The standard InChI is InChI=1S/C18H21FIN/c1-3-6-13-7-5-8-14(11-13)18(21-4-2)16-10-9-15(19)12-17(16)20/h5,7-12,18,21H,3-4,6H2,1-2H3. The average molecular weight is 397 g/mol. The van der Waals surface area contributed by atoms with E-state index in [4.69, 9.17) is 0 Å². The van der Waals surface area contributed by atoms with Gasteiger partial charge in [0.2, 0.25) is 0 Å². The van der Waals surface area contributed by atoms with Crippen molar-refractivity contribution in [3.8, 4) is 0 Å². The van der Waals surface area contributed by atoms with Crippen LogP contribution in [0.4, 0.5) is 4.39 Å². The summed E-state index contributed by atoms with van der Waals surface area (Å²) in [6, 6.07) is 13.8. The fraction of sp³-hybridized carbons (Fsp3) is 0.333. The minimum Gasteiger partial charge on any atom is -0.306 e. The molecule has 21 heavy (non-hydrogen) atoms. The Morgan fingerprint density at radius 3 is 2.62 bits per heavy atom. The van der Waals surface area contributed by atoms with E-state index in [2.05, 4.69) is 66.0 Å². The van der Waals surface area contributed by atoms with Crippen LogP contribution in [-0.2, 0) is 6.42 Å². The number of rotatable bonds is 6. The fourth-order valence-corrected chi connectivity index (χ4v) is 3.35. The number of aryl methyl sites for hydroxylation is 1. The quantitative estimate of drug-likeness (QED) is 0.671. The van der Waals surface area contributed by atoms with Crippen LogP contribution >= 0.6 is 22.6 Å². The third-order valence-electron chi connectivity index (χ3n) is 3.50. The van der Waals surface area contributed by atoms with Crippen LogP contribution in [0.3, 0.4) is 0 Å². The summed E-state index contributed by atoms with van der Waals surface area (Å²) in [4.78, 5) is 0. The molecule has 0 aliphatic rings. The van der Waals surface area contributed by atoms with Crippen LogP contribution in [0, 0.1) is 9.39 Å². The van der Waals surface area contributed by atoms with Crippen molar-refractivity contribution in [3.63, 3.8) is 0 Å². The molecule has 112 valence electrons. The molecule has 0 radical (unpaired) electrons. The molecule has 1 unspecified atom stereocenters. The van der Waals surface area contributed by atoms with Crippen molar-refractivity contribution in [1.82, 2.24) is 5.32 Å². The van der Waals surface area contributed by atoms with Crippen molar-refractivity contribution in [1.29, 1.82) is 0 Å². The van der Waals surface area contributed by atoms with Crippen molar-refractivity contribution in [2.75, 3.05) is 6.54 Å². The summed E-state index contributed by atoms with van der Waals surface area (Å²) in [6.07, 6.45) is 2.23. The Labute approximate surface area is 140 Å². The maximum atomic E-state index is 13.3. The van der Waals surface area contributed by atoms with Crippen LogP contribution in [0.25, 0.3) is 0 Å². The Morgan fingerprint density at radius 2 is 1.95 bits per heavy atom. The molecule has 0 aromatic heterocycles. The Balaban J connectivity index is 2.40. The van der Waals surface area contributed by atoms with E-state index in [0.717, 1.165) is 28.5 Å². The second-order valence-corrected chi connectivity index (χ2v) is 6.31. The number of hydrogen-bond donors (Lipinski definition) is 1. The third kappa shape index (κ3) is 4.27. The molecule has 0 aliphatic heterocycles. The lowest BCUT2D eigenvalue weighted by Crippen LogP contribution is -2.23. The Hall–Kier alpha value is -0.940. The first-order valence-corrected chi connectivity index (χ1v) is 8.50. The van der Waals surface area contributed by atoms with E-state index in [1.807, 2.05) is 6.07 Å². The van der Waals surface area contributed by atoms with Crippen LogP contribution in [-0.4, -0.2) is 6.54 Å². The highest BCUT2D eigenvalue weighted by molar-refractivity contribution is 14.1. The van der Waals surface area contributed by atoms with Gasteiger partial charge in [-0.2, -0.15) is 0 Å². The normalized spacial score (nSPS) is 12.4. The summed E-state index contributed by atoms with van der Waals surface area (Å²) in [5.74, 6) is -0.182.